The molecule has 94 valence electrons. The summed E-state index contributed by atoms with van der Waals surface area (Å²) in [6, 6.07) is 3.33. The highest BCUT2D eigenvalue weighted by Gasteiger charge is 2.13. The number of carbonyl (C=O) groups is 1. The fourth-order valence-corrected chi connectivity index (χ4v) is 1.99. The molecule has 0 aliphatic heterocycles. The SMILES string of the molecule is CSCCC(N)C(=O)Nc1cc(C)cc(C)n1. The van der Waals surface area contributed by atoms with Gasteiger partial charge in [-0.25, -0.2) is 4.98 Å². The van der Waals surface area contributed by atoms with Gasteiger partial charge in [0, 0.05) is 5.69 Å². The molecule has 0 fully saturated rings. The third-order valence-corrected chi connectivity index (χ3v) is 2.96. The molecule has 17 heavy (non-hydrogen) atoms. The van der Waals surface area contributed by atoms with Gasteiger partial charge in [-0.3, -0.25) is 4.79 Å². The summed E-state index contributed by atoms with van der Waals surface area (Å²) in [6.07, 6.45) is 2.67. The summed E-state index contributed by atoms with van der Waals surface area (Å²) < 4.78 is 0. The van der Waals surface area contributed by atoms with Gasteiger partial charge >= 0.3 is 0 Å². The zero-order valence-electron chi connectivity index (χ0n) is 10.5. The van der Waals surface area contributed by atoms with Gasteiger partial charge < -0.3 is 11.1 Å². The topological polar surface area (TPSA) is 68.0 Å². The van der Waals surface area contributed by atoms with E-state index >= 15 is 0 Å². The molecule has 0 aliphatic carbocycles. The number of nitrogens with zero attached hydrogens (tertiary/aromatic N) is 1. The van der Waals surface area contributed by atoms with Crippen molar-refractivity contribution in [3.63, 3.8) is 0 Å². The second kappa shape index (κ2) is 6.61. The number of hydrogen-bond donors (Lipinski definition) is 2. The number of nitrogens with one attached hydrogen (secondary N) is 1. The van der Waals surface area contributed by atoms with Crippen LogP contribution >= 0.6 is 11.8 Å². The predicted octanol–water partition coefficient (Wildman–Crippen LogP) is 1.72. The fourth-order valence-electron chi connectivity index (χ4n) is 1.50. The Morgan fingerprint density at radius 1 is 1.53 bits per heavy atom. The van der Waals surface area contributed by atoms with Crippen molar-refractivity contribution >= 4 is 23.5 Å². The van der Waals surface area contributed by atoms with Crippen LogP contribution in [0.15, 0.2) is 12.1 Å². The highest BCUT2D eigenvalue weighted by Crippen LogP contribution is 2.09. The molecule has 0 bridgehead atoms. The van der Waals surface area contributed by atoms with E-state index < -0.39 is 6.04 Å². The minimum Gasteiger partial charge on any atom is -0.320 e. The van der Waals surface area contributed by atoms with Gasteiger partial charge in [-0.2, -0.15) is 11.8 Å². The molecule has 0 spiro atoms. The highest BCUT2D eigenvalue weighted by atomic mass is 32.2. The van der Waals surface area contributed by atoms with Crippen LogP contribution in [0.5, 0.6) is 0 Å². The summed E-state index contributed by atoms with van der Waals surface area (Å²) in [5.74, 6) is 1.29. The van der Waals surface area contributed by atoms with E-state index in [9.17, 15) is 4.79 Å². The van der Waals surface area contributed by atoms with E-state index in [2.05, 4.69) is 10.3 Å². The number of aryl methyl sites for hydroxylation is 2. The number of anilines is 1. The van der Waals surface area contributed by atoms with Crippen LogP contribution in [0.3, 0.4) is 0 Å². The molecule has 1 amide bonds. The van der Waals surface area contributed by atoms with Crippen molar-refractivity contribution in [1.29, 1.82) is 0 Å². The number of aromatic nitrogens is 1. The van der Waals surface area contributed by atoms with E-state index in [-0.39, 0.29) is 5.91 Å². The lowest BCUT2D eigenvalue weighted by Gasteiger charge is -2.11. The standard InChI is InChI=1S/C12H19N3OS/c1-8-6-9(2)14-11(7-8)15-12(16)10(13)4-5-17-3/h6-7,10H,4-5,13H2,1-3H3,(H,14,15,16). The average Bonchev–Trinajstić information content (AvgIpc) is 2.24. The first kappa shape index (κ1) is 14.0. The monoisotopic (exact) mass is 253 g/mol. The Hall–Kier alpha value is -1.07. The van der Waals surface area contributed by atoms with Gasteiger partial charge in [-0.1, -0.05) is 0 Å². The fraction of sp³-hybridized carbons (Fsp3) is 0.500. The average molecular weight is 253 g/mol. The Balaban J connectivity index is 2.61. The van der Waals surface area contributed by atoms with Crippen molar-refractivity contribution in [1.82, 2.24) is 4.98 Å². The maximum Gasteiger partial charge on any atom is 0.242 e. The minimum atomic E-state index is -0.468. The molecule has 1 rings (SSSR count). The van der Waals surface area contributed by atoms with Gasteiger partial charge in [0.15, 0.2) is 0 Å². The third-order valence-electron chi connectivity index (χ3n) is 2.32. The van der Waals surface area contributed by atoms with Crippen molar-refractivity contribution in [2.45, 2.75) is 26.3 Å². The number of hydrogen-bond acceptors (Lipinski definition) is 4. The van der Waals surface area contributed by atoms with Crippen molar-refractivity contribution in [2.24, 2.45) is 5.73 Å². The molecule has 0 aliphatic rings. The Morgan fingerprint density at radius 2 is 2.24 bits per heavy atom. The Bertz CT molecular complexity index is 375. The van der Waals surface area contributed by atoms with Crippen LogP contribution in [-0.4, -0.2) is 28.9 Å². The van der Waals surface area contributed by atoms with Crippen LogP contribution in [0.4, 0.5) is 5.82 Å². The summed E-state index contributed by atoms with van der Waals surface area (Å²) in [7, 11) is 0. The number of pyridine rings is 1. The molecule has 1 aromatic heterocycles. The van der Waals surface area contributed by atoms with E-state index in [1.807, 2.05) is 32.2 Å². The number of amides is 1. The first-order valence-electron chi connectivity index (χ1n) is 5.53. The quantitative estimate of drug-likeness (QED) is 0.838. The second-order valence-corrected chi connectivity index (χ2v) is 5.03. The summed E-state index contributed by atoms with van der Waals surface area (Å²) in [5, 5.41) is 2.75. The molecule has 3 N–H and O–H groups in total. The van der Waals surface area contributed by atoms with E-state index in [0.717, 1.165) is 17.0 Å². The van der Waals surface area contributed by atoms with Crippen molar-refractivity contribution in [3.05, 3.63) is 23.4 Å². The van der Waals surface area contributed by atoms with Gasteiger partial charge in [0.1, 0.15) is 5.82 Å². The zero-order valence-corrected chi connectivity index (χ0v) is 11.3. The van der Waals surface area contributed by atoms with Gasteiger partial charge in [0.2, 0.25) is 5.91 Å². The van der Waals surface area contributed by atoms with Crippen LogP contribution in [-0.2, 0) is 4.79 Å². The molecule has 1 unspecified atom stereocenters. The van der Waals surface area contributed by atoms with Crippen molar-refractivity contribution < 1.29 is 4.79 Å². The van der Waals surface area contributed by atoms with E-state index in [1.54, 1.807) is 11.8 Å². The number of nitrogens with two attached hydrogens (primary N) is 1. The highest BCUT2D eigenvalue weighted by molar-refractivity contribution is 7.98. The van der Waals surface area contributed by atoms with Crippen LogP contribution in [0.2, 0.25) is 0 Å². The maximum atomic E-state index is 11.8. The van der Waals surface area contributed by atoms with Crippen LogP contribution in [0.1, 0.15) is 17.7 Å². The van der Waals surface area contributed by atoms with Crippen molar-refractivity contribution in [2.75, 3.05) is 17.3 Å². The van der Waals surface area contributed by atoms with Gasteiger partial charge in [0.25, 0.3) is 0 Å². The number of rotatable bonds is 5. The lowest BCUT2D eigenvalue weighted by molar-refractivity contribution is -0.117. The van der Waals surface area contributed by atoms with E-state index in [4.69, 9.17) is 5.73 Å². The van der Waals surface area contributed by atoms with Crippen LogP contribution in [0.25, 0.3) is 0 Å². The van der Waals surface area contributed by atoms with Crippen LogP contribution in [0, 0.1) is 13.8 Å². The minimum absolute atomic E-state index is 0.170. The zero-order chi connectivity index (χ0) is 12.8. The summed E-state index contributed by atoms with van der Waals surface area (Å²) >= 11 is 1.68. The number of thioether (sulfide) groups is 1. The lowest BCUT2D eigenvalue weighted by atomic mass is 10.2. The van der Waals surface area contributed by atoms with Gasteiger partial charge in [0.05, 0.1) is 6.04 Å². The molecule has 5 heteroatoms. The molecule has 0 saturated heterocycles. The molecule has 1 heterocycles. The summed E-state index contributed by atoms with van der Waals surface area (Å²) in [4.78, 5) is 16.0. The molecule has 0 aromatic carbocycles. The van der Waals surface area contributed by atoms with E-state index in [0.29, 0.717) is 12.2 Å². The predicted molar refractivity (Wildman–Crippen MR) is 73.3 cm³/mol. The molecular formula is C12H19N3OS. The largest absolute Gasteiger partial charge is 0.320 e. The Labute approximate surface area is 106 Å². The first-order valence-corrected chi connectivity index (χ1v) is 6.93. The van der Waals surface area contributed by atoms with E-state index in [1.165, 1.54) is 0 Å². The molecule has 0 saturated carbocycles. The molecule has 0 radical (unpaired) electrons. The van der Waals surface area contributed by atoms with Crippen LogP contribution < -0.4 is 11.1 Å². The summed E-state index contributed by atoms with van der Waals surface area (Å²) in [6.45, 7) is 3.87. The first-order chi connectivity index (χ1) is 8.02. The Kier molecular flexibility index (Phi) is 5.44. The summed E-state index contributed by atoms with van der Waals surface area (Å²) in [5.41, 5.74) is 7.74. The Morgan fingerprint density at radius 3 is 2.82 bits per heavy atom. The normalized spacial score (nSPS) is 12.2. The van der Waals surface area contributed by atoms with Crippen molar-refractivity contribution in [3.8, 4) is 0 Å². The smallest absolute Gasteiger partial charge is 0.242 e. The molecule has 1 atom stereocenters. The van der Waals surface area contributed by atoms with Gasteiger partial charge in [-0.15, -0.1) is 0 Å². The molecule has 4 nitrogen and oxygen atoms in total. The third kappa shape index (κ3) is 4.75. The second-order valence-electron chi connectivity index (χ2n) is 4.05. The molecular weight excluding hydrogens is 234 g/mol. The lowest BCUT2D eigenvalue weighted by Crippen LogP contribution is -2.36. The number of carbonyl (C=O) groups excluding carboxylic acids is 1. The maximum absolute atomic E-state index is 11.8. The molecule has 1 aromatic rings. The van der Waals surface area contributed by atoms with Gasteiger partial charge in [-0.05, 0) is 50.0 Å².